The number of hydrogen-bond acceptors (Lipinski definition) is 2. The van der Waals surface area contributed by atoms with E-state index in [1.807, 2.05) is 0 Å². The molecule has 96 valence electrons. The van der Waals surface area contributed by atoms with Crippen LogP contribution in [0.4, 0.5) is 13.2 Å². The summed E-state index contributed by atoms with van der Waals surface area (Å²) in [6, 6.07) is 4.99. The van der Waals surface area contributed by atoms with Crippen molar-refractivity contribution in [3.63, 3.8) is 0 Å². The molecule has 0 radical (unpaired) electrons. The van der Waals surface area contributed by atoms with Crippen molar-refractivity contribution in [1.29, 1.82) is 0 Å². The highest BCUT2D eigenvalue weighted by Gasteiger charge is 2.21. The standard InChI is InChI=1S/C12H3Br2F3N2/c13-4-2-1-3-5-10(4)19-12-9(17)7(15)6(14)8(16)11(12)18-5/h1-3H. The Kier molecular flexibility index (Phi) is 2.98. The quantitative estimate of drug-likeness (QED) is 0.314. The Labute approximate surface area is 121 Å². The SMILES string of the molecule is Fc1c(Br)c(F)c2nc3cccc(Br)c3nc2c1F. The topological polar surface area (TPSA) is 25.8 Å². The van der Waals surface area contributed by atoms with Crippen LogP contribution in [0.25, 0.3) is 22.1 Å². The van der Waals surface area contributed by atoms with E-state index < -0.39 is 27.4 Å². The van der Waals surface area contributed by atoms with Gasteiger partial charge in [-0.1, -0.05) is 6.07 Å². The lowest BCUT2D eigenvalue weighted by Gasteiger charge is -2.06. The van der Waals surface area contributed by atoms with Crippen molar-refractivity contribution in [2.45, 2.75) is 0 Å². The molecule has 0 aliphatic rings. The Balaban J connectivity index is 2.59. The molecule has 0 atom stereocenters. The zero-order chi connectivity index (χ0) is 13.7. The van der Waals surface area contributed by atoms with Gasteiger partial charge in [0, 0.05) is 4.47 Å². The van der Waals surface area contributed by atoms with E-state index in [-0.39, 0.29) is 5.52 Å². The molecule has 0 amide bonds. The van der Waals surface area contributed by atoms with Crippen molar-refractivity contribution in [2.75, 3.05) is 0 Å². The molecule has 0 unspecified atom stereocenters. The molecule has 1 heterocycles. The number of nitrogens with zero attached hydrogens (tertiary/aromatic N) is 2. The Morgan fingerprint density at radius 3 is 2.21 bits per heavy atom. The first-order valence-electron chi connectivity index (χ1n) is 5.08. The smallest absolute Gasteiger partial charge is 0.188 e. The summed E-state index contributed by atoms with van der Waals surface area (Å²) in [5, 5.41) is 0. The lowest BCUT2D eigenvalue weighted by molar-refractivity contribution is 0.496. The van der Waals surface area contributed by atoms with Gasteiger partial charge < -0.3 is 0 Å². The van der Waals surface area contributed by atoms with Gasteiger partial charge in [0.15, 0.2) is 17.5 Å². The van der Waals surface area contributed by atoms with Crippen molar-refractivity contribution in [1.82, 2.24) is 9.97 Å². The molecule has 7 heteroatoms. The van der Waals surface area contributed by atoms with Gasteiger partial charge >= 0.3 is 0 Å². The Morgan fingerprint density at radius 1 is 0.789 bits per heavy atom. The van der Waals surface area contributed by atoms with Gasteiger partial charge in [0.2, 0.25) is 0 Å². The van der Waals surface area contributed by atoms with Crippen LogP contribution in [-0.2, 0) is 0 Å². The molecule has 0 fully saturated rings. The van der Waals surface area contributed by atoms with Crippen LogP contribution in [0.15, 0.2) is 27.1 Å². The van der Waals surface area contributed by atoms with E-state index in [1.165, 1.54) is 0 Å². The molecular weight excluding hydrogens is 389 g/mol. The van der Waals surface area contributed by atoms with Crippen molar-refractivity contribution in [2.24, 2.45) is 0 Å². The van der Waals surface area contributed by atoms with Gasteiger partial charge in [-0.15, -0.1) is 0 Å². The van der Waals surface area contributed by atoms with Crippen LogP contribution < -0.4 is 0 Å². The Hall–Kier alpha value is -1.21. The highest BCUT2D eigenvalue weighted by atomic mass is 79.9. The summed E-state index contributed by atoms with van der Waals surface area (Å²) < 4.78 is 41.2. The molecule has 1 aromatic heterocycles. The highest BCUT2D eigenvalue weighted by molar-refractivity contribution is 9.11. The first-order chi connectivity index (χ1) is 9.00. The molecule has 2 aromatic carbocycles. The van der Waals surface area contributed by atoms with Crippen molar-refractivity contribution < 1.29 is 13.2 Å². The summed E-state index contributed by atoms with van der Waals surface area (Å²) in [4.78, 5) is 7.95. The molecule has 19 heavy (non-hydrogen) atoms. The zero-order valence-electron chi connectivity index (χ0n) is 9.02. The normalized spacial score (nSPS) is 11.4. The predicted octanol–water partition coefficient (Wildman–Crippen LogP) is 4.73. The van der Waals surface area contributed by atoms with Crippen LogP contribution in [0, 0.1) is 17.5 Å². The molecule has 0 bridgehead atoms. The van der Waals surface area contributed by atoms with E-state index in [1.54, 1.807) is 18.2 Å². The molecule has 0 N–H and O–H groups in total. The van der Waals surface area contributed by atoms with E-state index >= 15 is 0 Å². The van der Waals surface area contributed by atoms with E-state index in [9.17, 15) is 13.2 Å². The van der Waals surface area contributed by atoms with Crippen LogP contribution in [-0.4, -0.2) is 9.97 Å². The number of aromatic nitrogens is 2. The van der Waals surface area contributed by atoms with Crippen LogP contribution >= 0.6 is 31.9 Å². The van der Waals surface area contributed by atoms with Crippen molar-refractivity contribution in [3.05, 3.63) is 44.6 Å². The third-order valence-electron chi connectivity index (χ3n) is 2.64. The monoisotopic (exact) mass is 390 g/mol. The lowest BCUT2D eigenvalue weighted by Crippen LogP contribution is -1.99. The maximum Gasteiger partial charge on any atom is 0.188 e. The van der Waals surface area contributed by atoms with Crippen LogP contribution in [0.3, 0.4) is 0 Å². The molecule has 0 saturated heterocycles. The molecular formula is C12H3Br2F3N2. The molecule has 0 aliphatic heterocycles. The third kappa shape index (κ3) is 1.83. The maximum atomic E-state index is 13.9. The van der Waals surface area contributed by atoms with Gasteiger partial charge in [0.25, 0.3) is 0 Å². The Bertz CT molecular complexity index is 836. The number of hydrogen-bond donors (Lipinski definition) is 0. The summed E-state index contributed by atoms with van der Waals surface area (Å²) >= 11 is 5.90. The van der Waals surface area contributed by atoms with E-state index in [2.05, 4.69) is 41.8 Å². The molecule has 3 rings (SSSR count). The largest absolute Gasteiger partial charge is 0.241 e. The van der Waals surface area contributed by atoms with Gasteiger partial charge in [0.1, 0.15) is 16.6 Å². The fourth-order valence-electron chi connectivity index (χ4n) is 1.75. The summed E-state index contributed by atoms with van der Waals surface area (Å²) in [7, 11) is 0. The van der Waals surface area contributed by atoms with Gasteiger partial charge in [-0.2, -0.15) is 0 Å². The minimum atomic E-state index is -1.31. The average molecular weight is 392 g/mol. The molecule has 0 spiro atoms. The predicted molar refractivity (Wildman–Crippen MR) is 72.3 cm³/mol. The van der Waals surface area contributed by atoms with Crippen molar-refractivity contribution >= 4 is 53.9 Å². The van der Waals surface area contributed by atoms with Crippen molar-refractivity contribution in [3.8, 4) is 0 Å². The zero-order valence-corrected chi connectivity index (χ0v) is 12.2. The van der Waals surface area contributed by atoms with Gasteiger partial charge in [-0.25, -0.2) is 23.1 Å². The second kappa shape index (κ2) is 4.42. The van der Waals surface area contributed by atoms with Crippen LogP contribution in [0.1, 0.15) is 0 Å². The van der Waals surface area contributed by atoms with Gasteiger partial charge in [0.05, 0.1) is 9.99 Å². The Morgan fingerprint density at radius 2 is 1.47 bits per heavy atom. The van der Waals surface area contributed by atoms with Crippen LogP contribution in [0.5, 0.6) is 0 Å². The number of para-hydroxylation sites is 1. The second-order valence-electron chi connectivity index (χ2n) is 3.78. The number of fused-ring (bicyclic) bond motifs is 2. The first kappa shape index (κ1) is 12.8. The molecule has 0 saturated carbocycles. The summed E-state index contributed by atoms with van der Waals surface area (Å²) in [5.74, 6) is -3.51. The number of benzene rings is 2. The van der Waals surface area contributed by atoms with E-state index in [4.69, 9.17) is 0 Å². The number of halogens is 5. The summed E-state index contributed by atoms with van der Waals surface area (Å²) in [5.41, 5.74) is -0.0114. The van der Waals surface area contributed by atoms with E-state index in [0.29, 0.717) is 15.5 Å². The molecule has 0 aliphatic carbocycles. The summed E-state index contributed by atoms with van der Waals surface area (Å²) in [6.45, 7) is 0. The second-order valence-corrected chi connectivity index (χ2v) is 5.43. The van der Waals surface area contributed by atoms with Gasteiger partial charge in [-0.3, -0.25) is 0 Å². The molecule has 3 aromatic rings. The molecule has 2 nitrogen and oxygen atoms in total. The van der Waals surface area contributed by atoms with Gasteiger partial charge in [-0.05, 0) is 44.0 Å². The van der Waals surface area contributed by atoms with E-state index in [0.717, 1.165) is 0 Å². The fraction of sp³-hybridized carbons (Fsp3) is 0. The minimum absolute atomic E-state index is 0.309. The highest BCUT2D eigenvalue weighted by Crippen LogP contribution is 2.31. The average Bonchev–Trinajstić information content (AvgIpc) is 2.42. The number of rotatable bonds is 0. The minimum Gasteiger partial charge on any atom is -0.241 e. The summed E-state index contributed by atoms with van der Waals surface area (Å²) in [6.07, 6.45) is 0. The lowest BCUT2D eigenvalue weighted by atomic mass is 10.2. The maximum absolute atomic E-state index is 13.9. The third-order valence-corrected chi connectivity index (χ3v) is 3.98. The first-order valence-corrected chi connectivity index (χ1v) is 6.67. The van der Waals surface area contributed by atoms with Crippen LogP contribution in [0.2, 0.25) is 0 Å². The fourth-order valence-corrected chi connectivity index (χ4v) is 2.56.